The second-order valence-electron chi connectivity index (χ2n) is 5.84. The van der Waals surface area contributed by atoms with Gasteiger partial charge in [-0.25, -0.2) is 9.78 Å². The number of carbonyl (C=O) groups excluding carboxylic acids is 1. The summed E-state index contributed by atoms with van der Waals surface area (Å²) < 4.78 is 0. The lowest BCUT2D eigenvalue weighted by Gasteiger charge is -2.14. The van der Waals surface area contributed by atoms with Crippen LogP contribution in [-0.2, 0) is 19.3 Å². The Bertz CT molecular complexity index is 632. The van der Waals surface area contributed by atoms with Crippen LogP contribution in [0.5, 0.6) is 0 Å². The Labute approximate surface area is 140 Å². The number of aromatic nitrogens is 2. The lowest BCUT2D eigenvalue weighted by Crippen LogP contribution is -2.38. The summed E-state index contributed by atoms with van der Waals surface area (Å²) in [6.45, 7) is 2.57. The van der Waals surface area contributed by atoms with Crippen LogP contribution in [0.2, 0.25) is 0 Å². The predicted molar refractivity (Wildman–Crippen MR) is 91.6 cm³/mol. The van der Waals surface area contributed by atoms with Crippen LogP contribution in [0.15, 0.2) is 24.5 Å². The molecule has 1 aliphatic rings. The van der Waals surface area contributed by atoms with E-state index in [1.165, 1.54) is 29.8 Å². The summed E-state index contributed by atoms with van der Waals surface area (Å²) in [6.07, 6.45) is 9.08. The number of nitrogens with one attached hydrogen (secondary N) is 2. The lowest BCUT2D eigenvalue weighted by atomic mass is 10.0. The molecule has 1 atom stereocenters. The number of nitrogens with zero attached hydrogens (tertiary/aromatic N) is 2. The summed E-state index contributed by atoms with van der Waals surface area (Å²) in [5, 5.41) is 6.99. The van der Waals surface area contributed by atoms with E-state index in [1.54, 1.807) is 12.4 Å². The molecule has 0 aromatic carbocycles. The molecule has 2 heterocycles. The zero-order chi connectivity index (χ0) is 16.1. The van der Waals surface area contributed by atoms with Crippen molar-refractivity contribution < 1.29 is 4.79 Å². The van der Waals surface area contributed by atoms with Crippen LogP contribution in [0.3, 0.4) is 0 Å². The van der Waals surface area contributed by atoms with Crippen molar-refractivity contribution in [2.75, 3.05) is 6.54 Å². The molecule has 0 spiro atoms. The molecule has 0 bridgehead atoms. The van der Waals surface area contributed by atoms with Gasteiger partial charge in [0.05, 0.1) is 16.7 Å². The smallest absolute Gasteiger partial charge is 0.315 e. The quantitative estimate of drug-likeness (QED) is 0.885. The van der Waals surface area contributed by atoms with Gasteiger partial charge in [0.2, 0.25) is 0 Å². The SMILES string of the molecule is C[C@H](NC(=O)NCCc1nc2c(s1)CCCC2)c1ccncc1. The van der Waals surface area contributed by atoms with Crippen LogP contribution in [0.4, 0.5) is 4.79 Å². The first-order chi connectivity index (χ1) is 11.2. The van der Waals surface area contributed by atoms with Crippen LogP contribution < -0.4 is 10.6 Å². The molecule has 0 saturated carbocycles. The zero-order valence-electron chi connectivity index (χ0n) is 13.3. The number of amides is 2. The molecule has 0 fully saturated rings. The minimum atomic E-state index is -0.143. The van der Waals surface area contributed by atoms with E-state index >= 15 is 0 Å². The Morgan fingerprint density at radius 3 is 2.87 bits per heavy atom. The fourth-order valence-electron chi connectivity index (χ4n) is 2.78. The van der Waals surface area contributed by atoms with E-state index in [0.717, 1.165) is 23.4 Å². The van der Waals surface area contributed by atoms with Crippen molar-refractivity contribution in [3.63, 3.8) is 0 Å². The summed E-state index contributed by atoms with van der Waals surface area (Å²) in [7, 11) is 0. The second-order valence-corrected chi connectivity index (χ2v) is 7.01. The zero-order valence-corrected chi connectivity index (χ0v) is 14.2. The van der Waals surface area contributed by atoms with Gasteiger partial charge in [0.15, 0.2) is 0 Å². The van der Waals surface area contributed by atoms with Crippen molar-refractivity contribution in [1.29, 1.82) is 0 Å². The fourth-order valence-corrected chi connectivity index (χ4v) is 3.93. The fraction of sp³-hybridized carbons (Fsp3) is 0.471. The van der Waals surface area contributed by atoms with Crippen molar-refractivity contribution in [3.05, 3.63) is 45.7 Å². The molecular formula is C17H22N4OS. The largest absolute Gasteiger partial charge is 0.338 e. The first-order valence-corrected chi connectivity index (χ1v) is 8.96. The molecule has 1 aliphatic carbocycles. The summed E-state index contributed by atoms with van der Waals surface area (Å²) >= 11 is 1.81. The van der Waals surface area contributed by atoms with Gasteiger partial charge in [-0.15, -0.1) is 11.3 Å². The summed E-state index contributed by atoms with van der Waals surface area (Å²) in [5.41, 5.74) is 2.33. The highest BCUT2D eigenvalue weighted by molar-refractivity contribution is 7.11. The van der Waals surface area contributed by atoms with Gasteiger partial charge >= 0.3 is 6.03 Å². The predicted octanol–water partition coefficient (Wildman–Crippen LogP) is 3.02. The molecular weight excluding hydrogens is 308 g/mol. The number of aryl methyl sites for hydroxylation is 2. The maximum atomic E-state index is 12.0. The number of urea groups is 1. The maximum absolute atomic E-state index is 12.0. The Balaban J connectivity index is 1.43. The lowest BCUT2D eigenvalue weighted by molar-refractivity contribution is 0.238. The first-order valence-electron chi connectivity index (χ1n) is 8.14. The van der Waals surface area contributed by atoms with Crippen LogP contribution in [0.25, 0.3) is 0 Å². The maximum Gasteiger partial charge on any atom is 0.315 e. The van der Waals surface area contributed by atoms with Crippen LogP contribution in [-0.4, -0.2) is 22.5 Å². The van der Waals surface area contributed by atoms with Crippen molar-refractivity contribution in [1.82, 2.24) is 20.6 Å². The number of hydrogen-bond donors (Lipinski definition) is 2. The molecule has 5 nitrogen and oxygen atoms in total. The monoisotopic (exact) mass is 330 g/mol. The number of rotatable bonds is 5. The van der Waals surface area contributed by atoms with Crippen molar-refractivity contribution in [3.8, 4) is 0 Å². The van der Waals surface area contributed by atoms with Crippen molar-refractivity contribution in [2.45, 2.75) is 45.1 Å². The third-order valence-electron chi connectivity index (χ3n) is 4.07. The molecule has 2 aromatic rings. The molecule has 2 N–H and O–H groups in total. The van der Waals surface area contributed by atoms with E-state index in [2.05, 4.69) is 15.6 Å². The third kappa shape index (κ3) is 4.28. The van der Waals surface area contributed by atoms with Crippen molar-refractivity contribution in [2.24, 2.45) is 0 Å². The highest BCUT2D eigenvalue weighted by Crippen LogP contribution is 2.26. The molecule has 0 radical (unpaired) electrons. The van der Waals surface area contributed by atoms with Gasteiger partial charge in [-0.1, -0.05) is 0 Å². The van der Waals surface area contributed by atoms with E-state index < -0.39 is 0 Å². The Kier molecular flexibility index (Phi) is 5.23. The number of fused-ring (bicyclic) bond motifs is 1. The van der Waals surface area contributed by atoms with Crippen LogP contribution >= 0.6 is 11.3 Å². The number of carbonyl (C=O) groups is 1. The van der Waals surface area contributed by atoms with Crippen LogP contribution in [0, 0.1) is 0 Å². The highest BCUT2D eigenvalue weighted by atomic mass is 32.1. The van der Waals surface area contributed by atoms with Gasteiger partial charge in [0.25, 0.3) is 0 Å². The molecule has 2 amide bonds. The molecule has 2 aromatic heterocycles. The van der Waals surface area contributed by atoms with E-state index in [4.69, 9.17) is 4.98 Å². The van der Waals surface area contributed by atoms with Gasteiger partial charge in [-0.05, 0) is 50.3 Å². The molecule has 3 rings (SSSR count). The van der Waals surface area contributed by atoms with E-state index in [-0.39, 0.29) is 12.1 Å². The molecule has 122 valence electrons. The number of pyridine rings is 1. The van der Waals surface area contributed by atoms with Gasteiger partial charge in [-0.2, -0.15) is 0 Å². The minimum Gasteiger partial charge on any atom is -0.338 e. The summed E-state index contributed by atoms with van der Waals surface area (Å²) in [6, 6.07) is 3.64. The number of thiazole rings is 1. The van der Waals surface area contributed by atoms with Gasteiger partial charge in [0.1, 0.15) is 0 Å². The Morgan fingerprint density at radius 1 is 1.30 bits per heavy atom. The molecule has 0 unspecified atom stereocenters. The highest BCUT2D eigenvalue weighted by Gasteiger charge is 2.15. The van der Waals surface area contributed by atoms with E-state index in [9.17, 15) is 4.79 Å². The molecule has 6 heteroatoms. The van der Waals surface area contributed by atoms with Gasteiger partial charge < -0.3 is 10.6 Å². The van der Waals surface area contributed by atoms with Gasteiger partial charge in [-0.3, -0.25) is 4.98 Å². The Morgan fingerprint density at radius 2 is 2.09 bits per heavy atom. The molecule has 0 aliphatic heterocycles. The molecule has 0 saturated heterocycles. The van der Waals surface area contributed by atoms with E-state index in [0.29, 0.717) is 6.54 Å². The minimum absolute atomic E-state index is 0.0369. The van der Waals surface area contributed by atoms with Crippen molar-refractivity contribution >= 4 is 17.4 Å². The normalized spacial score (nSPS) is 14.8. The summed E-state index contributed by atoms with van der Waals surface area (Å²) in [5.74, 6) is 0. The number of hydrogen-bond acceptors (Lipinski definition) is 4. The topological polar surface area (TPSA) is 66.9 Å². The molecule has 23 heavy (non-hydrogen) atoms. The average molecular weight is 330 g/mol. The average Bonchev–Trinajstić information content (AvgIpc) is 2.98. The Hall–Kier alpha value is -1.95. The van der Waals surface area contributed by atoms with Gasteiger partial charge in [0, 0.05) is 30.2 Å². The third-order valence-corrected chi connectivity index (χ3v) is 5.29. The van der Waals surface area contributed by atoms with E-state index in [1.807, 2.05) is 30.4 Å². The van der Waals surface area contributed by atoms with Crippen LogP contribution in [0.1, 0.15) is 46.9 Å². The first kappa shape index (κ1) is 15.9. The second kappa shape index (κ2) is 7.55. The standard InChI is InChI=1S/C17H22N4OS/c1-12(13-6-9-18-10-7-13)20-17(22)19-11-8-16-21-14-4-2-3-5-15(14)23-16/h6-7,9-10,12H,2-5,8,11H2,1H3,(H2,19,20,22)/t12-/m0/s1. The summed E-state index contributed by atoms with van der Waals surface area (Å²) in [4.78, 5) is 22.1.